The zero-order chi connectivity index (χ0) is 21.4. The summed E-state index contributed by atoms with van der Waals surface area (Å²) < 4.78 is 6.43. The number of likely N-dealkylation sites (tertiary alicyclic amines) is 1. The van der Waals surface area contributed by atoms with Gasteiger partial charge in [-0.2, -0.15) is 0 Å². The van der Waals surface area contributed by atoms with E-state index in [2.05, 4.69) is 33.9 Å². The summed E-state index contributed by atoms with van der Waals surface area (Å²) in [6.07, 6.45) is 0.362. The number of aliphatic hydroxyl groups excluding tert-OH is 1. The molecule has 2 atom stereocenters. The molecule has 0 saturated carbocycles. The van der Waals surface area contributed by atoms with E-state index in [0.29, 0.717) is 13.0 Å². The Morgan fingerprint density at radius 1 is 1.32 bits per heavy atom. The maximum absolute atomic E-state index is 13.2. The fraction of sp³-hybridized carbons (Fsp3) is 0.650. The third-order valence-electron chi connectivity index (χ3n) is 6.15. The van der Waals surface area contributed by atoms with Crippen LogP contribution in [0.3, 0.4) is 0 Å². The smallest absolute Gasteiger partial charge is 0.282 e. The van der Waals surface area contributed by atoms with Gasteiger partial charge in [0, 0.05) is 12.6 Å². The van der Waals surface area contributed by atoms with Crippen molar-refractivity contribution in [1.82, 2.24) is 4.90 Å². The third-order valence-corrected chi connectivity index (χ3v) is 10.7. The highest BCUT2D eigenvalue weighted by Crippen LogP contribution is 2.39. The summed E-state index contributed by atoms with van der Waals surface area (Å²) in [7, 11) is -2.03. The van der Waals surface area contributed by atoms with Gasteiger partial charge in [0.15, 0.2) is 8.32 Å². The molecule has 1 fully saturated rings. The molecule has 8 heteroatoms. The van der Waals surface area contributed by atoms with Gasteiger partial charge in [-0.25, -0.2) is 0 Å². The minimum Gasteiger partial charge on any atom is -0.412 e. The zero-order valence-corrected chi connectivity index (χ0v) is 18.9. The van der Waals surface area contributed by atoms with Crippen LogP contribution in [-0.4, -0.2) is 54.5 Å². The summed E-state index contributed by atoms with van der Waals surface area (Å²) in [4.78, 5) is 25.7. The van der Waals surface area contributed by atoms with Gasteiger partial charge in [-0.3, -0.25) is 14.9 Å². The number of carbonyl (C=O) groups excluding carboxylic acids is 1. The molecule has 0 radical (unpaired) electrons. The fourth-order valence-electron chi connectivity index (χ4n) is 3.25. The number of nitro benzene ring substituents is 1. The lowest BCUT2D eigenvalue weighted by molar-refractivity contribution is -0.385. The van der Waals surface area contributed by atoms with E-state index in [1.54, 1.807) is 13.0 Å². The molecule has 7 nitrogen and oxygen atoms in total. The lowest BCUT2D eigenvalue weighted by Crippen LogP contribution is -2.45. The van der Waals surface area contributed by atoms with Gasteiger partial charge in [-0.05, 0) is 55.6 Å². The average Bonchev–Trinajstić information content (AvgIpc) is 2.97. The Kier molecular flexibility index (Phi) is 6.37. The van der Waals surface area contributed by atoms with E-state index < -0.39 is 25.2 Å². The highest BCUT2D eigenvalue weighted by Gasteiger charge is 2.44. The predicted molar refractivity (Wildman–Crippen MR) is 111 cm³/mol. The van der Waals surface area contributed by atoms with E-state index in [-0.39, 0.29) is 29.0 Å². The van der Waals surface area contributed by atoms with Gasteiger partial charge in [0.1, 0.15) is 5.56 Å². The molecule has 1 aromatic rings. The molecule has 0 aliphatic carbocycles. The number of nitrogens with zero attached hydrogens (tertiary/aromatic N) is 2. The number of rotatable bonds is 5. The fourth-order valence-corrected chi connectivity index (χ4v) is 4.61. The van der Waals surface area contributed by atoms with Crippen molar-refractivity contribution in [3.05, 3.63) is 38.9 Å². The van der Waals surface area contributed by atoms with E-state index in [1.165, 1.54) is 11.0 Å². The maximum atomic E-state index is 13.2. The number of nitro groups is 1. The van der Waals surface area contributed by atoms with E-state index in [0.717, 1.165) is 11.1 Å². The Balaban J connectivity index is 2.31. The van der Waals surface area contributed by atoms with Crippen molar-refractivity contribution in [2.75, 3.05) is 13.2 Å². The van der Waals surface area contributed by atoms with E-state index >= 15 is 0 Å². The number of aryl methyl sites for hydroxylation is 2. The first kappa shape index (κ1) is 22.5. The zero-order valence-electron chi connectivity index (χ0n) is 17.9. The SMILES string of the molecule is Cc1cc(C(=O)N2C[C@H](O[Si](C)(C)C(C)(C)C)C[C@H]2CO)c([N+](=O)[O-])cc1C. The summed E-state index contributed by atoms with van der Waals surface area (Å²) in [5, 5.41) is 21.3. The molecule has 1 saturated heterocycles. The van der Waals surface area contributed by atoms with Crippen molar-refractivity contribution in [3.8, 4) is 0 Å². The molecule has 1 aliphatic heterocycles. The van der Waals surface area contributed by atoms with Gasteiger partial charge >= 0.3 is 0 Å². The summed E-state index contributed by atoms with van der Waals surface area (Å²) in [5.74, 6) is -0.421. The molecule has 0 aromatic heterocycles. The number of carbonyl (C=O) groups is 1. The van der Waals surface area contributed by atoms with Crippen molar-refractivity contribution in [2.45, 2.75) is 71.3 Å². The predicted octanol–water partition coefficient (Wildman–Crippen LogP) is 3.81. The molecule has 28 heavy (non-hydrogen) atoms. The quantitative estimate of drug-likeness (QED) is 0.454. The molecule has 2 rings (SSSR count). The standard InChI is InChI=1S/C20H32N2O5Si/c1-13-8-17(18(22(25)26)9-14(13)2)19(24)21-11-16(10-15(21)12-23)27-28(6,7)20(3,4)5/h8-9,15-16,23H,10-12H2,1-7H3/t15-,16+/m0/s1. The van der Waals surface area contributed by atoms with Crippen LogP contribution in [0.5, 0.6) is 0 Å². The summed E-state index contributed by atoms with van der Waals surface area (Å²) in [5.41, 5.74) is 1.46. The minimum atomic E-state index is -2.03. The van der Waals surface area contributed by atoms with Crippen molar-refractivity contribution < 1.29 is 19.3 Å². The molecule has 0 unspecified atom stereocenters. The van der Waals surface area contributed by atoms with Gasteiger partial charge in [-0.1, -0.05) is 20.8 Å². The second kappa shape index (κ2) is 7.92. The molecule has 0 spiro atoms. The molecule has 1 aliphatic rings. The van der Waals surface area contributed by atoms with Crippen LogP contribution in [0.2, 0.25) is 18.1 Å². The number of benzene rings is 1. The minimum absolute atomic E-state index is 0.0337. The second-order valence-electron chi connectivity index (χ2n) is 9.24. The molecular weight excluding hydrogens is 376 g/mol. The Bertz CT molecular complexity index is 773. The summed E-state index contributed by atoms with van der Waals surface area (Å²) in [6.45, 7) is 14.5. The first-order valence-electron chi connectivity index (χ1n) is 9.63. The van der Waals surface area contributed by atoms with Gasteiger partial charge in [-0.15, -0.1) is 0 Å². The highest BCUT2D eigenvalue weighted by atomic mass is 28.4. The van der Waals surface area contributed by atoms with E-state index in [4.69, 9.17) is 4.43 Å². The summed E-state index contributed by atoms with van der Waals surface area (Å²) >= 11 is 0. The Labute approximate surface area is 168 Å². The molecule has 1 heterocycles. The molecule has 156 valence electrons. The number of aliphatic hydroxyl groups is 1. The number of amides is 1. The van der Waals surface area contributed by atoms with Gasteiger partial charge in [0.25, 0.3) is 11.6 Å². The van der Waals surface area contributed by atoms with Gasteiger partial charge in [0.2, 0.25) is 0 Å². The van der Waals surface area contributed by atoms with Crippen LogP contribution in [-0.2, 0) is 4.43 Å². The number of hydrogen-bond donors (Lipinski definition) is 1. The van der Waals surface area contributed by atoms with Gasteiger partial charge in [0.05, 0.1) is 23.7 Å². The van der Waals surface area contributed by atoms with Crippen molar-refractivity contribution in [2.24, 2.45) is 0 Å². The topological polar surface area (TPSA) is 92.9 Å². The Morgan fingerprint density at radius 3 is 2.39 bits per heavy atom. The Morgan fingerprint density at radius 2 is 1.89 bits per heavy atom. The number of hydrogen-bond acceptors (Lipinski definition) is 5. The molecule has 1 aromatic carbocycles. The van der Waals surface area contributed by atoms with Crippen LogP contribution in [0.4, 0.5) is 5.69 Å². The summed E-state index contributed by atoms with van der Waals surface area (Å²) in [6, 6.07) is 2.62. The molecular formula is C20H32N2O5Si. The van der Waals surface area contributed by atoms with E-state index in [1.807, 2.05) is 6.92 Å². The lowest BCUT2D eigenvalue weighted by atomic mass is 10.0. The molecule has 0 bridgehead atoms. The second-order valence-corrected chi connectivity index (χ2v) is 14.0. The lowest BCUT2D eigenvalue weighted by Gasteiger charge is -2.38. The van der Waals surface area contributed by atoms with E-state index in [9.17, 15) is 20.0 Å². The van der Waals surface area contributed by atoms with Crippen molar-refractivity contribution >= 4 is 19.9 Å². The van der Waals surface area contributed by atoms with Crippen LogP contribution < -0.4 is 0 Å². The normalized spacial score (nSPS) is 20.5. The van der Waals surface area contributed by atoms with Crippen LogP contribution in [0.25, 0.3) is 0 Å². The van der Waals surface area contributed by atoms with Crippen LogP contribution >= 0.6 is 0 Å². The van der Waals surface area contributed by atoms with Crippen molar-refractivity contribution in [1.29, 1.82) is 0 Å². The van der Waals surface area contributed by atoms with Crippen LogP contribution in [0.1, 0.15) is 48.7 Å². The first-order chi connectivity index (χ1) is 12.8. The largest absolute Gasteiger partial charge is 0.412 e. The Hall–Kier alpha value is -1.77. The maximum Gasteiger partial charge on any atom is 0.282 e. The molecule has 1 amide bonds. The van der Waals surface area contributed by atoms with Gasteiger partial charge < -0.3 is 14.4 Å². The average molecular weight is 409 g/mol. The first-order valence-corrected chi connectivity index (χ1v) is 12.5. The molecule has 1 N–H and O–H groups in total. The van der Waals surface area contributed by atoms with Crippen LogP contribution in [0, 0.1) is 24.0 Å². The highest BCUT2D eigenvalue weighted by molar-refractivity contribution is 6.74. The monoisotopic (exact) mass is 408 g/mol. The van der Waals surface area contributed by atoms with Crippen molar-refractivity contribution in [3.63, 3.8) is 0 Å². The third kappa shape index (κ3) is 4.44. The van der Waals surface area contributed by atoms with Crippen LogP contribution in [0.15, 0.2) is 12.1 Å².